The fourth-order valence-electron chi connectivity index (χ4n) is 2.57. The number of hydrogen-bond donors (Lipinski definition) is 0. The van der Waals surface area contributed by atoms with Crippen LogP contribution in [0.1, 0.15) is 50.0 Å². The van der Waals surface area contributed by atoms with Gasteiger partial charge in [0.25, 0.3) is 0 Å². The molecule has 0 fully saturated rings. The molecular formula is C16H22F3NO. The van der Waals surface area contributed by atoms with Crippen molar-refractivity contribution in [2.45, 2.75) is 45.8 Å². The van der Waals surface area contributed by atoms with Crippen molar-refractivity contribution in [3.8, 4) is 0 Å². The number of Topliss-reactive ketones (excluding diaryl/α,β-unsaturated/α-hetero) is 1. The van der Waals surface area contributed by atoms with Crippen molar-refractivity contribution < 1.29 is 18.0 Å². The molecule has 0 aliphatic rings. The predicted molar refractivity (Wildman–Crippen MR) is 77.4 cm³/mol. The van der Waals surface area contributed by atoms with E-state index in [0.717, 1.165) is 12.1 Å². The van der Waals surface area contributed by atoms with Crippen LogP contribution in [0.5, 0.6) is 0 Å². The number of carbonyl (C=O) groups excluding carboxylic acids is 1. The molecule has 0 N–H and O–H groups in total. The molecule has 1 rings (SSSR count). The average Bonchev–Trinajstić information content (AvgIpc) is 2.46. The number of alkyl halides is 3. The van der Waals surface area contributed by atoms with E-state index in [9.17, 15) is 18.0 Å². The summed E-state index contributed by atoms with van der Waals surface area (Å²) in [6, 6.07) is 4.46. The Bertz CT molecular complexity index is 477. The number of likely N-dealkylation sites (N-methyl/N-ethyl adjacent to an activating group) is 1. The smallest absolute Gasteiger partial charge is 0.292 e. The number of ketones is 1. The van der Waals surface area contributed by atoms with Gasteiger partial charge in [-0.05, 0) is 38.6 Å². The van der Waals surface area contributed by atoms with Crippen LogP contribution in [0, 0.1) is 0 Å². The highest BCUT2D eigenvalue weighted by Crippen LogP contribution is 2.30. The second kappa shape index (κ2) is 6.60. The van der Waals surface area contributed by atoms with Crippen LogP contribution in [-0.4, -0.2) is 29.3 Å². The normalized spacial score (nSPS) is 15.0. The van der Waals surface area contributed by atoms with E-state index < -0.39 is 17.3 Å². The molecule has 0 aliphatic carbocycles. The van der Waals surface area contributed by atoms with E-state index in [1.165, 1.54) is 12.1 Å². The zero-order chi connectivity index (χ0) is 16.3. The number of benzene rings is 1. The van der Waals surface area contributed by atoms with Crippen LogP contribution in [0.2, 0.25) is 0 Å². The highest BCUT2D eigenvalue weighted by Gasteiger charge is 2.37. The van der Waals surface area contributed by atoms with Gasteiger partial charge in [-0.1, -0.05) is 32.9 Å². The summed E-state index contributed by atoms with van der Waals surface area (Å²) in [4.78, 5) is 14.7. The maximum Gasteiger partial charge on any atom is 0.416 e. The molecule has 0 radical (unpaired) electrons. The summed E-state index contributed by atoms with van der Waals surface area (Å²) < 4.78 is 37.7. The molecular weight excluding hydrogens is 279 g/mol. The lowest BCUT2D eigenvalue weighted by molar-refractivity contribution is -0.137. The predicted octanol–water partition coefficient (Wildman–Crippen LogP) is 4.40. The molecule has 0 bridgehead atoms. The standard InChI is InChI=1S/C16H22F3NO/c1-5-15(4,20(6-2)7-3)14(21)12-8-10-13(11-9-12)16(17,18)19/h8-11H,5-7H2,1-4H3. The molecule has 2 nitrogen and oxygen atoms in total. The van der Waals surface area contributed by atoms with Gasteiger partial charge in [-0.25, -0.2) is 0 Å². The van der Waals surface area contributed by atoms with Crippen LogP contribution < -0.4 is 0 Å². The second-order valence-electron chi connectivity index (χ2n) is 5.20. The minimum atomic E-state index is -4.38. The number of nitrogens with zero attached hydrogens (tertiary/aromatic N) is 1. The summed E-state index contributed by atoms with van der Waals surface area (Å²) in [6.07, 6.45) is -3.77. The van der Waals surface area contributed by atoms with Crippen LogP contribution in [0.4, 0.5) is 13.2 Å². The largest absolute Gasteiger partial charge is 0.416 e. The molecule has 21 heavy (non-hydrogen) atoms. The second-order valence-corrected chi connectivity index (χ2v) is 5.20. The minimum absolute atomic E-state index is 0.137. The summed E-state index contributed by atoms with van der Waals surface area (Å²) in [5, 5.41) is 0. The fourth-order valence-corrected chi connectivity index (χ4v) is 2.57. The number of carbonyl (C=O) groups is 1. The first-order chi connectivity index (χ1) is 9.70. The van der Waals surface area contributed by atoms with Crippen LogP contribution in [0.3, 0.4) is 0 Å². The van der Waals surface area contributed by atoms with E-state index in [0.29, 0.717) is 25.1 Å². The Morgan fingerprint density at radius 3 is 1.86 bits per heavy atom. The number of halogens is 3. The molecule has 0 spiro atoms. The first kappa shape index (κ1) is 17.7. The lowest BCUT2D eigenvalue weighted by Gasteiger charge is -2.38. The molecule has 0 saturated heterocycles. The third-order valence-corrected chi connectivity index (χ3v) is 4.11. The van der Waals surface area contributed by atoms with Gasteiger partial charge in [0, 0.05) is 5.56 Å². The van der Waals surface area contributed by atoms with Gasteiger partial charge in [0.05, 0.1) is 11.1 Å². The summed E-state index contributed by atoms with van der Waals surface area (Å²) in [5.74, 6) is -0.137. The van der Waals surface area contributed by atoms with Gasteiger partial charge >= 0.3 is 6.18 Å². The van der Waals surface area contributed by atoms with Crippen LogP contribution >= 0.6 is 0 Å². The minimum Gasteiger partial charge on any atom is -0.292 e. The molecule has 1 aromatic rings. The molecule has 0 heterocycles. The van der Waals surface area contributed by atoms with Gasteiger partial charge in [0.2, 0.25) is 0 Å². The van der Waals surface area contributed by atoms with E-state index in [1.54, 1.807) is 0 Å². The molecule has 1 aromatic carbocycles. The Balaban J connectivity index is 3.11. The number of hydrogen-bond acceptors (Lipinski definition) is 2. The summed E-state index contributed by atoms with van der Waals surface area (Å²) in [7, 11) is 0. The first-order valence-corrected chi connectivity index (χ1v) is 7.17. The Morgan fingerprint density at radius 2 is 1.52 bits per heavy atom. The van der Waals surface area contributed by atoms with Crippen molar-refractivity contribution in [1.29, 1.82) is 0 Å². The molecule has 118 valence electrons. The third kappa shape index (κ3) is 3.64. The van der Waals surface area contributed by atoms with Crippen LogP contribution in [-0.2, 0) is 6.18 Å². The molecule has 0 aliphatic heterocycles. The molecule has 1 unspecified atom stereocenters. The summed E-state index contributed by atoms with van der Waals surface area (Å²) >= 11 is 0. The van der Waals surface area contributed by atoms with Crippen molar-refractivity contribution in [3.05, 3.63) is 35.4 Å². The molecule has 0 saturated carbocycles. The van der Waals surface area contributed by atoms with E-state index in [4.69, 9.17) is 0 Å². The zero-order valence-corrected chi connectivity index (χ0v) is 12.9. The lowest BCUT2D eigenvalue weighted by Crippen LogP contribution is -2.51. The average molecular weight is 301 g/mol. The highest BCUT2D eigenvalue weighted by molar-refractivity contribution is 6.03. The lowest BCUT2D eigenvalue weighted by atomic mass is 9.86. The van der Waals surface area contributed by atoms with Gasteiger partial charge < -0.3 is 0 Å². The van der Waals surface area contributed by atoms with Crippen LogP contribution in [0.25, 0.3) is 0 Å². The van der Waals surface area contributed by atoms with Gasteiger partial charge in [0.15, 0.2) is 5.78 Å². The van der Waals surface area contributed by atoms with Crippen molar-refractivity contribution >= 4 is 5.78 Å². The Morgan fingerprint density at radius 1 is 1.05 bits per heavy atom. The van der Waals surface area contributed by atoms with Gasteiger partial charge in [0.1, 0.15) is 0 Å². The molecule has 0 aromatic heterocycles. The third-order valence-electron chi connectivity index (χ3n) is 4.11. The molecule has 0 amide bonds. The maximum atomic E-state index is 12.7. The van der Waals surface area contributed by atoms with Gasteiger partial charge in [-0.2, -0.15) is 13.2 Å². The van der Waals surface area contributed by atoms with E-state index >= 15 is 0 Å². The monoisotopic (exact) mass is 301 g/mol. The van der Waals surface area contributed by atoms with E-state index in [2.05, 4.69) is 0 Å². The summed E-state index contributed by atoms with van der Waals surface area (Å²) in [6.45, 7) is 9.13. The zero-order valence-electron chi connectivity index (χ0n) is 12.9. The first-order valence-electron chi connectivity index (χ1n) is 7.17. The van der Waals surface area contributed by atoms with Gasteiger partial charge in [-0.3, -0.25) is 9.69 Å². The quantitative estimate of drug-likeness (QED) is 0.726. The van der Waals surface area contributed by atoms with E-state index in [1.807, 2.05) is 32.6 Å². The van der Waals surface area contributed by atoms with Crippen molar-refractivity contribution in [3.63, 3.8) is 0 Å². The van der Waals surface area contributed by atoms with Crippen molar-refractivity contribution in [1.82, 2.24) is 4.90 Å². The molecule has 5 heteroatoms. The van der Waals surface area contributed by atoms with Crippen molar-refractivity contribution in [2.75, 3.05) is 13.1 Å². The SMILES string of the molecule is CCN(CC)C(C)(CC)C(=O)c1ccc(C(F)(F)F)cc1. The Hall–Kier alpha value is -1.36. The maximum absolute atomic E-state index is 12.7. The fraction of sp³-hybridized carbons (Fsp3) is 0.562. The summed E-state index contributed by atoms with van der Waals surface area (Å²) in [5.41, 5.74) is -1.11. The molecule has 1 atom stereocenters. The van der Waals surface area contributed by atoms with Gasteiger partial charge in [-0.15, -0.1) is 0 Å². The van der Waals surface area contributed by atoms with Crippen LogP contribution in [0.15, 0.2) is 24.3 Å². The topological polar surface area (TPSA) is 20.3 Å². The van der Waals surface area contributed by atoms with E-state index in [-0.39, 0.29) is 5.78 Å². The Labute approximate surface area is 123 Å². The Kier molecular flexibility index (Phi) is 5.56. The highest BCUT2D eigenvalue weighted by atomic mass is 19.4. The number of rotatable bonds is 6. The van der Waals surface area contributed by atoms with Crippen molar-refractivity contribution in [2.24, 2.45) is 0 Å².